The van der Waals surface area contributed by atoms with Crippen molar-refractivity contribution in [1.82, 2.24) is 4.57 Å². The fourth-order valence-corrected chi connectivity index (χ4v) is 9.11. The van der Waals surface area contributed by atoms with Gasteiger partial charge in [-0.2, -0.15) is 0 Å². The third kappa shape index (κ3) is 4.92. The van der Waals surface area contributed by atoms with Crippen LogP contribution in [0.2, 0.25) is 0 Å². The summed E-state index contributed by atoms with van der Waals surface area (Å²) in [4.78, 5) is 2.39. The van der Waals surface area contributed by atoms with Gasteiger partial charge in [0.2, 0.25) is 0 Å². The van der Waals surface area contributed by atoms with Crippen LogP contribution in [-0.2, 0) is 0 Å². The van der Waals surface area contributed by atoms with Gasteiger partial charge < -0.3 is 13.9 Å². The Balaban J connectivity index is 1.03. The van der Waals surface area contributed by atoms with Crippen LogP contribution in [0, 0.1) is 0 Å². The van der Waals surface area contributed by atoms with Crippen LogP contribution in [0.25, 0.3) is 92.9 Å². The number of aromatic nitrogens is 1. The summed E-state index contributed by atoms with van der Waals surface area (Å²) in [7, 11) is 0. The lowest BCUT2D eigenvalue weighted by Gasteiger charge is -2.27. The molecule has 57 heavy (non-hydrogen) atoms. The molecular formula is C54H34N2O. The third-order valence-electron chi connectivity index (χ3n) is 11.7. The Morgan fingerprint density at radius 3 is 1.74 bits per heavy atom. The Kier molecular flexibility index (Phi) is 6.93. The number of para-hydroxylation sites is 2. The Bertz CT molecular complexity index is 3480. The molecule has 0 fully saturated rings. The molecule has 3 heteroatoms. The molecule has 3 nitrogen and oxygen atoms in total. The molecule has 0 amide bonds. The van der Waals surface area contributed by atoms with E-state index in [1.54, 1.807) is 0 Å². The van der Waals surface area contributed by atoms with Crippen LogP contribution in [0.5, 0.6) is 0 Å². The van der Waals surface area contributed by atoms with Gasteiger partial charge in [0.25, 0.3) is 0 Å². The molecule has 0 aliphatic rings. The topological polar surface area (TPSA) is 21.3 Å². The van der Waals surface area contributed by atoms with E-state index < -0.39 is 0 Å². The van der Waals surface area contributed by atoms with Crippen molar-refractivity contribution in [3.8, 4) is 16.8 Å². The van der Waals surface area contributed by atoms with Crippen LogP contribution in [-0.4, -0.2) is 4.57 Å². The second-order valence-electron chi connectivity index (χ2n) is 14.9. The van der Waals surface area contributed by atoms with E-state index in [0.29, 0.717) is 0 Å². The first-order valence-electron chi connectivity index (χ1n) is 19.5. The summed E-state index contributed by atoms with van der Waals surface area (Å²) in [6, 6.07) is 74.5. The normalized spacial score (nSPS) is 11.9. The van der Waals surface area contributed by atoms with Gasteiger partial charge in [0.05, 0.1) is 16.7 Å². The summed E-state index contributed by atoms with van der Waals surface area (Å²) >= 11 is 0. The van der Waals surface area contributed by atoms with E-state index in [4.69, 9.17) is 4.42 Å². The largest absolute Gasteiger partial charge is 0.455 e. The van der Waals surface area contributed by atoms with Gasteiger partial charge in [0.15, 0.2) is 0 Å². The zero-order valence-electron chi connectivity index (χ0n) is 30.9. The average molecular weight is 727 g/mol. The van der Waals surface area contributed by atoms with E-state index >= 15 is 0 Å². The van der Waals surface area contributed by atoms with Gasteiger partial charge in [0, 0.05) is 55.4 Å². The first-order valence-corrected chi connectivity index (χ1v) is 19.5. The van der Waals surface area contributed by atoms with E-state index in [1.165, 1.54) is 54.3 Å². The SMILES string of the molecule is c1cc(-c2ccc(N(c3ccc4c(c3)oc3c5ccccc5ccc43)c3cc4ccccc4c4ccccc34)cc2)cc(-n2c3ccccc3c3ccccc32)c1. The van der Waals surface area contributed by atoms with Crippen molar-refractivity contribution in [3.05, 3.63) is 206 Å². The highest BCUT2D eigenvalue weighted by atomic mass is 16.3. The monoisotopic (exact) mass is 726 g/mol. The number of rotatable bonds is 5. The maximum atomic E-state index is 6.73. The predicted octanol–water partition coefficient (Wildman–Crippen LogP) is 15.3. The number of anilines is 3. The maximum Gasteiger partial charge on any atom is 0.143 e. The van der Waals surface area contributed by atoms with Crippen LogP contribution < -0.4 is 4.90 Å². The van der Waals surface area contributed by atoms with Crippen molar-refractivity contribution in [2.45, 2.75) is 0 Å². The van der Waals surface area contributed by atoms with Gasteiger partial charge in [-0.15, -0.1) is 0 Å². The van der Waals surface area contributed by atoms with E-state index in [1.807, 2.05) is 0 Å². The van der Waals surface area contributed by atoms with E-state index in [-0.39, 0.29) is 0 Å². The first kappa shape index (κ1) is 31.7. The Labute approximate surface area is 328 Å². The van der Waals surface area contributed by atoms with Crippen LogP contribution in [0.15, 0.2) is 211 Å². The van der Waals surface area contributed by atoms with Gasteiger partial charge in [-0.05, 0) is 93.3 Å². The molecule has 0 saturated heterocycles. The number of fused-ring (bicyclic) bond motifs is 11. The molecule has 10 aromatic carbocycles. The summed E-state index contributed by atoms with van der Waals surface area (Å²) in [5.41, 5.74) is 10.9. The fraction of sp³-hybridized carbons (Fsp3) is 0. The summed E-state index contributed by atoms with van der Waals surface area (Å²) in [5, 5.41) is 11.9. The van der Waals surface area contributed by atoms with Crippen LogP contribution in [0.3, 0.4) is 0 Å². The van der Waals surface area contributed by atoms with Crippen molar-refractivity contribution in [1.29, 1.82) is 0 Å². The molecule has 2 aromatic heterocycles. The lowest BCUT2D eigenvalue weighted by molar-refractivity contribution is 0.672. The van der Waals surface area contributed by atoms with E-state index in [2.05, 4.69) is 216 Å². The Morgan fingerprint density at radius 2 is 0.965 bits per heavy atom. The highest BCUT2D eigenvalue weighted by Gasteiger charge is 2.20. The smallest absolute Gasteiger partial charge is 0.143 e. The second kappa shape index (κ2) is 12.5. The minimum Gasteiger partial charge on any atom is -0.455 e. The van der Waals surface area contributed by atoms with Gasteiger partial charge >= 0.3 is 0 Å². The average Bonchev–Trinajstić information content (AvgIpc) is 3.83. The van der Waals surface area contributed by atoms with E-state index in [0.717, 1.165) is 55.6 Å². The molecule has 0 spiro atoms. The number of hydrogen-bond acceptors (Lipinski definition) is 2. The minimum atomic E-state index is 0.868. The number of hydrogen-bond donors (Lipinski definition) is 0. The summed E-state index contributed by atoms with van der Waals surface area (Å²) in [5.74, 6) is 0. The molecule has 0 unspecified atom stereocenters. The summed E-state index contributed by atoms with van der Waals surface area (Å²) < 4.78 is 9.11. The Hall–Kier alpha value is -7.62. The highest BCUT2D eigenvalue weighted by molar-refractivity contribution is 6.17. The van der Waals surface area contributed by atoms with Gasteiger partial charge in [-0.25, -0.2) is 0 Å². The molecule has 12 aromatic rings. The second-order valence-corrected chi connectivity index (χ2v) is 14.9. The van der Waals surface area contributed by atoms with Gasteiger partial charge in [-0.3, -0.25) is 0 Å². The summed E-state index contributed by atoms with van der Waals surface area (Å²) in [6.45, 7) is 0. The standard InChI is InChI=1S/C54H34N2O/c1-4-17-43-36(12-1)26-30-49-48-31-29-41(34-53(48)57-54(43)49)55(52-33-38-13-2-3-16-42(38)44-18-5-6-19-45(44)52)39-27-24-35(25-28-39)37-14-11-15-40(32-37)56-50-22-9-7-20-46(50)47-21-8-10-23-51(47)56/h1-34H. The quantitative estimate of drug-likeness (QED) is 0.165. The Morgan fingerprint density at radius 1 is 0.351 bits per heavy atom. The maximum absolute atomic E-state index is 6.73. The number of benzene rings is 10. The van der Waals surface area contributed by atoms with E-state index in [9.17, 15) is 0 Å². The molecule has 0 atom stereocenters. The van der Waals surface area contributed by atoms with Gasteiger partial charge in [-0.1, -0.05) is 140 Å². The molecule has 0 radical (unpaired) electrons. The van der Waals surface area contributed by atoms with Crippen molar-refractivity contribution in [3.63, 3.8) is 0 Å². The van der Waals surface area contributed by atoms with Crippen molar-refractivity contribution < 1.29 is 4.42 Å². The number of nitrogens with zero attached hydrogens (tertiary/aromatic N) is 2. The van der Waals surface area contributed by atoms with Crippen molar-refractivity contribution in [2.24, 2.45) is 0 Å². The van der Waals surface area contributed by atoms with Crippen LogP contribution in [0.4, 0.5) is 17.1 Å². The lowest BCUT2D eigenvalue weighted by Crippen LogP contribution is -2.10. The molecule has 12 rings (SSSR count). The molecule has 0 saturated carbocycles. The van der Waals surface area contributed by atoms with Gasteiger partial charge in [0.1, 0.15) is 11.2 Å². The molecule has 0 aliphatic carbocycles. The first-order chi connectivity index (χ1) is 28.3. The summed E-state index contributed by atoms with van der Waals surface area (Å²) in [6.07, 6.45) is 0. The predicted molar refractivity (Wildman–Crippen MR) is 241 cm³/mol. The zero-order valence-corrected chi connectivity index (χ0v) is 30.9. The van der Waals surface area contributed by atoms with Crippen molar-refractivity contribution in [2.75, 3.05) is 4.90 Å². The minimum absolute atomic E-state index is 0.868. The number of furan rings is 1. The molecule has 266 valence electrons. The fourth-order valence-electron chi connectivity index (χ4n) is 9.11. The zero-order chi connectivity index (χ0) is 37.5. The lowest BCUT2D eigenvalue weighted by atomic mass is 9.98. The third-order valence-corrected chi connectivity index (χ3v) is 11.7. The highest BCUT2D eigenvalue weighted by Crippen LogP contribution is 2.44. The molecule has 0 bridgehead atoms. The van der Waals surface area contributed by atoms with Crippen LogP contribution >= 0.6 is 0 Å². The van der Waals surface area contributed by atoms with Crippen LogP contribution in [0.1, 0.15) is 0 Å². The van der Waals surface area contributed by atoms with Crippen molar-refractivity contribution >= 4 is 93.1 Å². The molecule has 2 heterocycles. The molecular weight excluding hydrogens is 693 g/mol. The molecule has 0 aliphatic heterocycles. The molecule has 0 N–H and O–H groups in total.